The summed E-state index contributed by atoms with van der Waals surface area (Å²) in [5, 5.41) is 5.05. The minimum absolute atomic E-state index is 0.120. The van der Waals surface area contributed by atoms with Crippen LogP contribution in [0.5, 0.6) is 11.5 Å². The van der Waals surface area contributed by atoms with E-state index < -0.39 is 0 Å². The first kappa shape index (κ1) is 17.9. The molecule has 1 aromatic carbocycles. The molecule has 1 aliphatic rings. The maximum atomic E-state index is 12.4. The molecule has 8 nitrogen and oxygen atoms in total. The smallest absolute Gasteiger partial charge is 0.266 e. The fraction of sp³-hybridized carbons (Fsp3) is 0.158. The fourth-order valence-electron chi connectivity index (χ4n) is 2.72. The maximum absolute atomic E-state index is 12.4. The number of carbonyl (C=O) groups is 2. The van der Waals surface area contributed by atoms with Gasteiger partial charge in [0.15, 0.2) is 23.3 Å². The van der Waals surface area contributed by atoms with E-state index >= 15 is 0 Å². The van der Waals surface area contributed by atoms with Crippen molar-refractivity contribution in [3.05, 3.63) is 48.0 Å². The van der Waals surface area contributed by atoms with Crippen molar-refractivity contribution < 1.29 is 19.1 Å². The van der Waals surface area contributed by atoms with Gasteiger partial charge in [-0.05, 0) is 36.4 Å². The molecule has 1 N–H and O–H groups in total. The van der Waals surface area contributed by atoms with Crippen molar-refractivity contribution in [2.45, 2.75) is 0 Å². The normalized spacial score (nSPS) is 12.9. The molecule has 2 amide bonds. The number of thiazole rings is 1. The molecule has 2 aromatic heterocycles. The molecule has 9 heteroatoms. The summed E-state index contributed by atoms with van der Waals surface area (Å²) in [4.78, 5) is 34.5. The number of nitrogens with zero attached hydrogens (tertiary/aromatic N) is 3. The fourth-order valence-corrected chi connectivity index (χ4v) is 3.46. The third-order valence-electron chi connectivity index (χ3n) is 4.10. The second-order valence-electron chi connectivity index (χ2n) is 5.91. The summed E-state index contributed by atoms with van der Waals surface area (Å²) in [5.74, 6) is 0.899. The number of benzene rings is 1. The first-order valence-corrected chi connectivity index (χ1v) is 9.30. The first-order chi connectivity index (χ1) is 13.6. The van der Waals surface area contributed by atoms with Gasteiger partial charge >= 0.3 is 0 Å². The van der Waals surface area contributed by atoms with E-state index in [4.69, 9.17) is 9.47 Å². The van der Waals surface area contributed by atoms with Crippen LogP contribution in [0.25, 0.3) is 11.3 Å². The van der Waals surface area contributed by atoms with Gasteiger partial charge in [-0.15, -0.1) is 11.3 Å². The van der Waals surface area contributed by atoms with E-state index in [-0.39, 0.29) is 25.0 Å². The standard InChI is InChI=1S/C19H16N4O4S/c1-26-13-6-4-12(5-7-13)14-11-28-19(21-14)22-16(24)9-23-17(25)10-27-15-3-2-8-20-18(15)23/h2-8,11H,9-10H2,1H3,(H,21,22,24). The molecule has 4 rings (SSSR count). The van der Waals surface area contributed by atoms with Crippen molar-refractivity contribution >= 4 is 34.1 Å². The van der Waals surface area contributed by atoms with Crippen LogP contribution in [0, 0.1) is 0 Å². The highest BCUT2D eigenvalue weighted by molar-refractivity contribution is 7.14. The molecular formula is C19H16N4O4S. The molecular weight excluding hydrogens is 380 g/mol. The summed E-state index contributed by atoms with van der Waals surface area (Å²) in [7, 11) is 1.61. The summed E-state index contributed by atoms with van der Waals surface area (Å²) in [6.45, 7) is -0.283. The van der Waals surface area contributed by atoms with Crippen molar-refractivity contribution in [2.24, 2.45) is 0 Å². The molecule has 0 unspecified atom stereocenters. The number of fused-ring (bicyclic) bond motifs is 1. The largest absolute Gasteiger partial charge is 0.497 e. The van der Waals surface area contributed by atoms with Crippen LogP contribution in [-0.4, -0.2) is 42.0 Å². The molecule has 0 saturated carbocycles. The van der Waals surface area contributed by atoms with Crippen LogP contribution in [0.15, 0.2) is 48.0 Å². The van der Waals surface area contributed by atoms with Crippen LogP contribution >= 0.6 is 11.3 Å². The molecule has 0 atom stereocenters. The Hall–Kier alpha value is -3.46. The number of amides is 2. The Morgan fingerprint density at radius 3 is 2.93 bits per heavy atom. The van der Waals surface area contributed by atoms with Gasteiger partial charge in [0.1, 0.15) is 12.3 Å². The minimum atomic E-state index is -0.359. The van der Waals surface area contributed by atoms with Crippen molar-refractivity contribution in [1.82, 2.24) is 9.97 Å². The van der Waals surface area contributed by atoms with E-state index in [1.165, 1.54) is 16.2 Å². The quantitative estimate of drug-likeness (QED) is 0.712. The summed E-state index contributed by atoms with van der Waals surface area (Å²) in [6, 6.07) is 10.9. The molecule has 0 bridgehead atoms. The van der Waals surface area contributed by atoms with E-state index in [1.54, 1.807) is 25.4 Å². The van der Waals surface area contributed by atoms with Crippen LogP contribution in [0.4, 0.5) is 10.9 Å². The highest BCUT2D eigenvalue weighted by Crippen LogP contribution is 2.29. The van der Waals surface area contributed by atoms with Gasteiger partial charge in [0, 0.05) is 17.1 Å². The highest BCUT2D eigenvalue weighted by atomic mass is 32.1. The monoisotopic (exact) mass is 396 g/mol. The number of rotatable bonds is 5. The van der Waals surface area contributed by atoms with E-state index in [2.05, 4.69) is 15.3 Å². The van der Waals surface area contributed by atoms with E-state index in [0.29, 0.717) is 16.7 Å². The topological polar surface area (TPSA) is 93.7 Å². The zero-order valence-electron chi connectivity index (χ0n) is 14.9. The lowest BCUT2D eigenvalue weighted by molar-refractivity contribution is -0.123. The van der Waals surface area contributed by atoms with Crippen molar-refractivity contribution in [3.8, 4) is 22.8 Å². The molecule has 1 aliphatic heterocycles. The van der Waals surface area contributed by atoms with E-state index in [1.807, 2.05) is 29.6 Å². The zero-order chi connectivity index (χ0) is 19.5. The lowest BCUT2D eigenvalue weighted by atomic mass is 10.2. The molecule has 0 spiro atoms. The Morgan fingerprint density at radius 2 is 2.14 bits per heavy atom. The van der Waals surface area contributed by atoms with Crippen LogP contribution in [-0.2, 0) is 9.59 Å². The number of pyridine rings is 1. The van der Waals surface area contributed by atoms with Gasteiger partial charge in [-0.1, -0.05) is 0 Å². The molecule has 0 saturated heterocycles. The second kappa shape index (κ2) is 7.65. The third-order valence-corrected chi connectivity index (χ3v) is 4.85. The molecule has 0 fully saturated rings. The number of hydrogen-bond donors (Lipinski definition) is 1. The molecule has 0 aliphatic carbocycles. The summed E-state index contributed by atoms with van der Waals surface area (Å²) in [5.41, 5.74) is 1.66. The summed E-state index contributed by atoms with van der Waals surface area (Å²) in [6.07, 6.45) is 1.55. The Morgan fingerprint density at radius 1 is 1.32 bits per heavy atom. The van der Waals surface area contributed by atoms with Crippen LogP contribution in [0.1, 0.15) is 0 Å². The number of methoxy groups -OCH3 is 1. The molecule has 28 heavy (non-hydrogen) atoms. The zero-order valence-corrected chi connectivity index (χ0v) is 15.7. The summed E-state index contributed by atoms with van der Waals surface area (Å²) < 4.78 is 10.5. The molecule has 0 radical (unpaired) electrons. The van der Waals surface area contributed by atoms with Gasteiger partial charge in [-0.2, -0.15) is 0 Å². The lowest BCUT2D eigenvalue weighted by Crippen LogP contribution is -2.43. The highest BCUT2D eigenvalue weighted by Gasteiger charge is 2.28. The van der Waals surface area contributed by atoms with Crippen LogP contribution in [0.2, 0.25) is 0 Å². The maximum Gasteiger partial charge on any atom is 0.266 e. The predicted molar refractivity (Wildman–Crippen MR) is 105 cm³/mol. The minimum Gasteiger partial charge on any atom is -0.497 e. The van der Waals surface area contributed by atoms with Crippen LogP contribution in [0.3, 0.4) is 0 Å². The lowest BCUT2D eigenvalue weighted by Gasteiger charge is -2.27. The van der Waals surface area contributed by atoms with Gasteiger partial charge in [-0.25, -0.2) is 9.97 Å². The number of nitrogens with one attached hydrogen (secondary N) is 1. The van der Waals surface area contributed by atoms with Gasteiger partial charge < -0.3 is 14.8 Å². The number of carbonyl (C=O) groups excluding carboxylic acids is 2. The summed E-state index contributed by atoms with van der Waals surface area (Å²) >= 11 is 1.31. The molecule has 3 heterocycles. The van der Waals surface area contributed by atoms with Crippen molar-refractivity contribution in [2.75, 3.05) is 30.5 Å². The third kappa shape index (κ3) is 3.65. The van der Waals surface area contributed by atoms with Gasteiger partial charge in [-0.3, -0.25) is 14.5 Å². The second-order valence-corrected chi connectivity index (χ2v) is 6.77. The number of ether oxygens (including phenoxy) is 2. The SMILES string of the molecule is COc1ccc(-c2csc(NC(=O)CN3C(=O)COc4cccnc43)n2)cc1. The van der Waals surface area contributed by atoms with E-state index in [0.717, 1.165) is 17.0 Å². The number of hydrogen-bond acceptors (Lipinski definition) is 7. The molecule has 3 aromatic rings. The average Bonchev–Trinajstić information content (AvgIpc) is 3.18. The van der Waals surface area contributed by atoms with E-state index in [9.17, 15) is 9.59 Å². The predicted octanol–water partition coefficient (Wildman–Crippen LogP) is 2.58. The molecule has 142 valence electrons. The number of anilines is 2. The Bertz CT molecular complexity index is 1020. The van der Waals surface area contributed by atoms with Crippen LogP contribution < -0.4 is 19.7 Å². The Kier molecular flexibility index (Phi) is 4.90. The Balaban J connectivity index is 1.44. The average molecular weight is 396 g/mol. The van der Waals surface area contributed by atoms with Crippen molar-refractivity contribution in [3.63, 3.8) is 0 Å². The van der Waals surface area contributed by atoms with Gasteiger partial charge in [0.2, 0.25) is 5.91 Å². The van der Waals surface area contributed by atoms with Crippen molar-refractivity contribution in [1.29, 1.82) is 0 Å². The van der Waals surface area contributed by atoms with Gasteiger partial charge in [0.25, 0.3) is 5.91 Å². The number of aromatic nitrogens is 2. The first-order valence-electron chi connectivity index (χ1n) is 8.42. The Labute approximate surface area is 164 Å². The van der Waals surface area contributed by atoms with Gasteiger partial charge in [0.05, 0.1) is 12.8 Å².